The molecular weight excluding hydrogens is 332 g/mol. The Kier molecular flexibility index (Phi) is 9.06. The van der Waals surface area contributed by atoms with Crippen molar-refractivity contribution in [3.63, 3.8) is 0 Å². The van der Waals surface area contributed by atoms with Crippen LogP contribution in [0.1, 0.15) is 18.4 Å². The topological polar surface area (TPSA) is 81.3 Å². The van der Waals surface area contributed by atoms with Gasteiger partial charge in [0.15, 0.2) is 17.5 Å². The van der Waals surface area contributed by atoms with E-state index in [1.54, 1.807) is 14.2 Å². The summed E-state index contributed by atoms with van der Waals surface area (Å²) >= 11 is 0. The van der Waals surface area contributed by atoms with Crippen molar-refractivity contribution in [3.05, 3.63) is 23.8 Å². The minimum Gasteiger partial charge on any atom is -0.493 e. The van der Waals surface area contributed by atoms with Crippen LogP contribution < -0.4 is 20.5 Å². The monoisotopic (exact) mass is 364 g/mol. The summed E-state index contributed by atoms with van der Waals surface area (Å²) in [7, 11) is 3.29. The van der Waals surface area contributed by atoms with Gasteiger partial charge < -0.3 is 25.3 Å². The molecule has 0 unspecified atom stereocenters. The molecule has 0 bridgehead atoms. The maximum absolute atomic E-state index is 5.92. The molecule has 0 radical (unpaired) electrons. The highest BCUT2D eigenvalue weighted by molar-refractivity contribution is 5.77. The molecule has 1 heterocycles. The summed E-state index contributed by atoms with van der Waals surface area (Å²) in [5, 5.41) is 3.19. The van der Waals surface area contributed by atoms with Gasteiger partial charge in [0.25, 0.3) is 0 Å². The van der Waals surface area contributed by atoms with Gasteiger partial charge in [0.05, 0.1) is 27.4 Å². The third kappa shape index (κ3) is 7.09. The Morgan fingerprint density at radius 2 is 1.96 bits per heavy atom. The Bertz CT molecular complexity index is 560. The van der Waals surface area contributed by atoms with Crippen molar-refractivity contribution in [3.8, 4) is 11.5 Å². The van der Waals surface area contributed by atoms with Crippen molar-refractivity contribution in [2.75, 3.05) is 60.2 Å². The molecule has 1 aliphatic rings. The molecule has 2 rings (SSSR count). The number of nitrogens with one attached hydrogen (secondary N) is 1. The maximum atomic E-state index is 5.92. The standard InChI is InChI=1S/C19H32N4O3/c1-24-17-7-6-16(15-18(17)25-2)5-3-8-21-19(20)22-9-4-10-23-11-13-26-14-12-23/h6-7,15H,3-5,8-14H2,1-2H3,(H3,20,21,22). The molecule has 0 spiro atoms. The summed E-state index contributed by atoms with van der Waals surface area (Å²) in [5.74, 6) is 2.04. The SMILES string of the molecule is COc1ccc(CCCN=C(N)NCCCN2CCOCC2)cc1OC. The summed E-state index contributed by atoms with van der Waals surface area (Å²) in [6.07, 6.45) is 2.92. The lowest BCUT2D eigenvalue weighted by Gasteiger charge is -2.26. The Morgan fingerprint density at radius 1 is 1.19 bits per heavy atom. The quantitative estimate of drug-likeness (QED) is 0.370. The number of hydrogen-bond donors (Lipinski definition) is 2. The number of ether oxygens (including phenoxy) is 3. The summed E-state index contributed by atoms with van der Waals surface area (Å²) in [6.45, 7) is 6.37. The van der Waals surface area contributed by atoms with E-state index in [0.29, 0.717) is 12.5 Å². The summed E-state index contributed by atoms with van der Waals surface area (Å²) < 4.78 is 15.9. The van der Waals surface area contributed by atoms with E-state index >= 15 is 0 Å². The van der Waals surface area contributed by atoms with Crippen LogP contribution in [0.4, 0.5) is 0 Å². The molecule has 1 aromatic carbocycles. The first-order valence-corrected chi connectivity index (χ1v) is 9.27. The Labute approximate surface area is 156 Å². The van der Waals surface area contributed by atoms with Gasteiger partial charge in [-0.3, -0.25) is 9.89 Å². The molecule has 146 valence electrons. The molecular formula is C19H32N4O3. The number of rotatable bonds is 10. The van der Waals surface area contributed by atoms with Gasteiger partial charge in [0.1, 0.15) is 0 Å². The van der Waals surface area contributed by atoms with Gasteiger partial charge in [-0.15, -0.1) is 0 Å². The van der Waals surface area contributed by atoms with E-state index in [1.807, 2.05) is 12.1 Å². The van der Waals surface area contributed by atoms with E-state index in [-0.39, 0.29) is 0 Å². The van der Waals surface area contributed by atoms with Crippen LogP contribution in [0.5, 0.6) is 11.5 Å². The number of aliphatic imine (C=N–C) groups is 1. The van der Waals surface area contributed by atoms with Crippen LogP contribution in [0, 0.1) is 0 Å². The maximum Gasteiger partial charge on any atom is 0.188 e. The largest absolute Gasteiger partial charge is 0.493 e. The Balaban J connectivity index is 1.60. The number of nitrogens with zero attached hydrogens (tertiary/aromatic N) is 2. The number of aryl methyl sites for hydroxylation is 1. The van der Waals surface area contributed by atoms with Gasteiger partial charge in [-0.2, -0.15) is 0 Å². The number of methoxy groups -OCH3 is 2. The molecule has 0 amide bonds. The fourth-order valence-corrected chi connectivity index (χ4v) is 2.92. The molecule has 0 aromatic heterocycles. The highest BCUT2D eigenvalue weighted by Crippen LogP contribution is 2.27. The van der Waals surface area contributed by atoms with Gasteiger partial charge in [-0.25, -0.2) is 0 Å². The van der Waals surface area contributed by atoms with Crippen molar-refractivity contribution in [2.24, 2.45) is 10.7 Å². The molecule has 7 nitrogen and oxygen atoms in total. The van der Waals surface area contributed by atoms with Crippen molar-refractivity contribution in [2.45, 2.75) is 19.3 Å². The fourth-order valence-electron chi connectivity index (χ4n) is 2.92. The average molecular weight is 364 g/mol. The molecule has 0 aliphatic carbocycles. The highest BCUT2D eigenvalue weighted by atomic mass is 16.5. The molecule has 1 fully saturated rings. The molecule has 26 heavy (non-hydrogen) atoms. The second-order valence-corrected chi connectivity index (χ2v) is 6.29. The van der Waals surface area contributed by atoms with Gasteiger partial charge in [0.2, 0.25) is 0 Å². The van der Waals surface area contributed by atoms with Crippen LogP contribution in [0.3, 0.4) is 0 Å². The lowest BCUT2D eigenvalue weighted by Crippen LogP contribution is -2.39. The third-order valence-electron chi connectivity index (χ3n) is 4.41. The van der Waals surface area contributed by atoms with E-state index < -0.39 is 0 Å². The van der Waals surface area contributed by atoms with Crippen LogP contribution in [0.15, 0.2) is 23.2 Å². The molecule has 3 N–H and O–H groups in total. The molecule has 0 atom stereocenters. The van der Waals surface area contributed by atoms with Crippen LogP contribution in [0.2, 0.25) is 0 Å². The predicted molar refractivity (Wildman–Crippen MR) is 104 cm³/mol. The lowest BCUT2D eigenvalue weighted by atomic mass is 10.1. The molecule has 7 heteroatoms. The number of hydrogen-bond acceptors (Lipinski definition) is 5. The van der Waals surface area contributed by atoms with Crippen molar-refractivity contribution >= 4 is 5.96 Å². The summed E-state index contributed by atoms with van der Waals surface area (Å²) in [4.78, 5) is 6.81. The minimum atomic E-state index is 0.527. The van der Waals surface area contributed by atoms with Crippen molar-refractivity contribution in [1.82, 2.24) is 10.2 Å². The van der Waals surface area contributed by atoms with E-state index in [2.05, 4.69) is 21.3 Å². The van der Waals surface area contributed by atoms with Crippen molar-refractivity contribution in [1.29, 1.82) is 0 Å². The average Bonchev–Trinajstić information content (AvgIpc) is 2.69. The Morgan fingerprint density at radius 3 is 2.69 bits per heavy atom. The van der Waals surface area contributed by atoms with E-state index in [1.165, 1.54) is 5.56 Å². The first kappa shape index (κ1) is 20.3. The van der Waals surface area contributed by atoms with Crippen LogP contribution in [-0.4, -0.2) is 71.0 Å². The van der Waals surface area contributed by atoms with E-state index in [9.17, 15) is 0 Å². The molecule has 1 aliphatic heterocycles. The second kappa shape index (κ2) is 11.6. The number of guanidine groups is 1. The van der Waals surface area contributed by atoms with Gasteiger partial charge >= 0.3 is 0 Å². The first-order chi connectivity index (χ1) is 12.7. The highest BCUT2D eigenvalue weighted by Gasteiger charge is 2.09. The van der Waals surface area contributed by atoms with Crippen LogP contribution in [0.25, 0.3) is 0 Å². The molecule has 0 saturated carbocycles. The van der Waals surface area contributed by atoms with Gasteiger partial charge in [-0.05, 0) is 43.5 Å². The molecule has 1 saturated heterocycles. The first-order valence-electron chi connectivity index (χ1n) is 9.27. The van der Waals surface area contributed by atoms with Crippen molar-refractivity contribution < 1.29 is 14.2 Å². The summed E-state index contributed by atoms with van der Waals surface area (Å²) in [6, 6.07) is 6.00. The van der Waals surface area contributed by atoms with Gasteiger partial charge in [-0.1, -0.05) is 6.07 Å². The second-order valence-electron chi connectivity index (χ2n) is 6.29. The zero-order valence-electron chi connectivity index (χ0n) is 16.0. The zero-order valence-corrected chi connectivity index (χ0v) is 16.0. The number of benzene rings is 1. The summed E-state index contributed by atoms with van der Waals surface area (Å²) in [5.41, 5.74) is 7.13. The van der Waals surface area contributed by atoms with Crippen LogP contribution in [-0.2, 0) is 11.2 Å². The predicted octanol–water partition coefficient (Wildman–Crippen LogP) is 1.26. The van der Waals surface area contributed by atoms with Gasteiger partial charge in [0, 0.05) is 26.2 Å². The number of morpholine rings is 1. The third-order valence-corrected chi connectivity index (χ3v) is 4.41. The smallest absolute Gasteiger partial charge is 0.188 e. The molecule has 1 aromatic rings. The van der Waals surface area contributed by atoms with E-state index in [0.717, 1.165) is 70.2 Å². The van der Waals surface area contributed by atoms with Crippen LogP contribution >= 0.6 is 0 Å². The Hall–Kier alpha value is -1.99. The fraction of sp³-hybridized carbons (Fsp3) is 0.632. The minimum absolute atomic E-state index is 0.527. The lowest BCUT2D eigenvalue weighted by molar-refractivity contribution is 0.0376. The number of nitrogens with two attached hydrogens (primary N) is 1. The zero-order chi connectivity index (χ0) is 18.6. The van der Waals surface area contributed by atoms with E-state index in [4.69, 9.17) is 19.9 Å². The normalized spacial score (nSPS) is 15.7.